The van der Waals surface area contributed by atoms with E-state index in [1.165, 1.54) is 77.0 Å². The highest BCUT2D eigenvalue weighted by molar-refractivity contribution is 7.45. The number of hydrogen-bond acceptors (Lipinski definition) is 8. The number of unbranched alkanes of at least 4 members (excludes halogenated alkanes) is 20. The highest BCUT2D eigenvalue weighted by Gasteiger charge is 2.21. The van der Waals surface area contributed by atoms with Gasteiger partial charge in [-0.15, -0.1) is 0 Å². The molecule has 52 heavy (non-hydrogen) atoms. The standard InChI is InChI=1S/C42H80NO8P/c1-6-8-10-12-14-16-18-20-21-23-25-27-29-31-33-35-42(45)51-40(39-50-52(46,47)49-37-36-43(3,4)5)38-48-41(44)34-32-30-28-26-24-22-19-17-15-13-11-9-7-2/h17,19-21,40H,6-16,18,22-39H2,1-5H3/b19-17+,21-20+/t40-/m1/s1. The van der Waals surface area contributed by atoms with Crippen LogP contribution in [-0.2, 0) is 32.7 Å². The highest BCUT2D eigenvalue weighted by Crippen LogP contribution is 2.38. The number of allylic oxidation sites excluding steroid dienone is 4. The van der Waals surface area contributed by atoms with Crippen LogP contribution in [0.3, 0.4) is 0 Å². The lowest BCUT2D eigenvalue weighted by molar-refractivity contribution is -0.870. The highest BCUT2D eigenvalue weighted by atomic mass is 31.2. The fraction of sp³-hybridized carbons (Fsp3) is 0.857. The van der Waals surface area contributed by atoms with Gasteiger partial charge in [-0.05, 0) is 64.2 Å². The van der Waals surface area contributed by atoms with Gasteiger partial charge in [0, 0.05) is 12.8 Å². The molecule has 2 atom stereocenters. The van der Waals surface area contributed by atoms with E-state index in [0.717, 1.165) is 70.6 Å². The Bertz CT molecular complexity index is 949. The van der Waals surface area contributed by atoms with Crippen LogP contribution in [0.15, 0.2) is 24.3 Å². The second-order valence-corrected chi connectivity index (χ2v) is 16.8. The summed E-state index contributed by atoms with van der Waals surface area (Å²) in [4.78, 5) is 37.4. The fourth-order valence-electron chi connectivity index (χ4n) is 5.58. The van der Waals surface area contributed by atoms with Crippen molar-refractivity contribution in [2.24, 2.45) is 0 Å². The van der Waals surface area contributed by atoms with Crippen molar-refractivity contribution in [2.75, 3.05) is 47.5 Å². The first-order valence-corrected chi connectivity index (χ1v) is 22.5. The Balaban J connectivity index is 4.41. The number of likely N-dealkylation sites (N-methyl/N-ethyl adjacent to an activating group) is 1. The predicted octanol–water partition coefficient (Wildman–Crippen LogP) is 10.9. The van der Waals surface area contributed by atoms with Crippen LogP contribution in [0, 0.1) is 0 Å². The molecule has 0 aromatic carbocycles. The number of hydrogen-bond donors (Lipinski definition) is 0. The summed E-state index contributed by atoms with van der Waals surface area (Å²) in [5, 5.41) is 0. The van der Waals surface area contributed by atoms with Gasteiger partial charge in [0.1, 0.15) is 19.8 Å². The minimum absolute atomic E-state index is 0.0327. The molecule has 0 aromatic rings. The number of carbonyl (C=O) groups excluding carboxylic acids is 2. The lowest BCUT2D eigenvalue weighted by atomic mass is 10.1. The number of quaternary nitrogens is 1. The molecule has 0 aromatic heterocycles. The molecular formula is C42H80NO8P. The SMILES string of the molecule is CCCCCC/C=C/CCCCCCCC(=O)OC[C@H](COP(=O)([O-])OCC[N+](C)(C)C)OC(=O)CCCCCCC/C=C/CCCCCCCC. The second-order valence-electron chi connectivity index (χ2n) is 15.3. The summed E-state index contributed by atoms with van der Waals surface area (Å²) in [5.41, 5.74) is 0. The lowest BCUT2D eigenvalue weighted by Gasteiger charge is -2.28. The average molecular weight is 758 g/mol. The van der Waals surface area contributed by atoms with Gasteiger partial charge in [-0.1, -0.05) is 128 Å². The zero-order chi connectivity index (χ0) is 38.6. The quantitative estimate of drug-likeness (QED) is 0.0201. The molecule has 0 fully saturated rings. The topological polar surface area (TPSA) is 111 Å². The molecule has 0 aliphatic heterocycles. The van der Waals surface area contributed by atoms with Crippen LogP contribution in [0.5, 0.6) is 0 Å². The van der Waals surface area contributed by atoms with Gasteiger partial charge < -0.3 is 27.9 Å². The number of rotatable bonds is 38. The molecule has 1 unspecified atom stereocenters. The van der Waals surface area contributed by atoms with Gasteiger partial charge in [0.2, 0.25) is 0 Å². The molecule has 0 radical (unpaired) electrons. The molecule has 0 saturated heterocycles. The van der Waals surface area contributed by atoms with Gasteiger partial charge in [-0.25, -0.2) is 0 Å². The van der Waals surface area contributed by atoms with Crippen molar-refractivity contribution >= 4 is 19.8 Å². The third-order valence-corrected chi connectivity index (χ3v) is 9.91. The maximum absolute atomic E-state index is 12.6. The summed E-state index contributed by atoms with van der Waals surface area (Å²) in [6, 6.07) is 0. The van der Waals surface area contributed by atoms with Crippen LogP contribution in [0.25, 0.3) is 0 Å². The van der Waals surface area contributed by atoms with Crippen LogP contribution in [-0.4, -0.2) is 70.0 Å². The van der Waals surface area contributed by atoms with Crippen molar-refractivity contribution in [3.8, 4) is 0 Å². The maximum Gasteiger partial charge on any atom is 0.306 e. The van der Waals surface area contributed by atoms with E-state index in [2.05, 4.69) is 38.2 Å². The van der Waals surface area contributed by atoms with E-state index >= 15 is 0 Å². The molecule has 0 saturated carbocycles. The molecule has 0 amide bonds. The van der Waals surface area contributed by atoms with Crippen LogP contribution in [0.4, 0.5) is 0 Å². The smallest absolute Gasteiger partial charge is 0.306 e. The van der Waals surface area contributed by atoms with E-state index < -0.39 is 32.5 Å². The van der Waals surface area contributed by atoms with Crippen molar-refractivity contribution in [3.05, 3.63) is 24.3 Å². The predicted molar refractivity (Wildman–Crippen MR) is 213 cm³/mol. The van der Waals surface area contributed by atoms with Crippen molar-refractivity contribution < 1.29 is 42.1 Å². The van der Waals surface area contributed by atoms with E-state index in [9.17, 15) is 19.0 Å². The van der Waals surface area contributed by atoms with Gasteiger partial charge >= 0.3 is 11.9 Å². The number of ether oxygens (including phenoxy) is 2. The fourth-order valence-corrected chi connectivity index (χ4v) is 6.31. The average Bonchev–Trinajstić information content (AvgIpc) is 3.09. The molecule has 0 heterocycles. The number of phosphoric ester groups is 1. The van der Waals surface area contributed by atoms with Gasteiger partial charge in [0.15, 0.2) is 6.10 Å². The first-order chi connectivity index (χ1) is 25.0. The largest absolute Gasteiger partial charge is 0.756 e. The van der Waals surface area contributed by atoms with E-state index in [4.69, 9.17) is 18.5 Å². The first-order valence-electron chi connectivity index (χ1n) is 21.0. The summed E-state index contributed by atoms with van der Waals surface area (Å²) in [7, 11) is 1.16. The van der Waals surface area contributed by atoms with Crippen LogP contribution >= 0.6 is 7.82 Å². The van der Waals surface area contributed by atoms with Crippen molar-refractivity contribution in [2.45, 2.75) is 187 Å². The molecule has 0 rings (SSSR count). The summed E-state index contributed by atoms with van der Waals surface area (Å²) in [6.07, 6.45) is 36.3. The van der Waals surface area contributed by atoms with E-state index in [0.29, 0.717) is 17.4 Å². The van der Waals surface area contributed by atoms with Crippen LogP contribution in [0.2, 0.25) is 0 Å². The summed E-state index contributed by atoms with van der Waals surface area (Å²) >= 11 is 0. The van der Waals surface area contributed by atoms with Crippen LogP contribution in [0.1, 0.15) is 181 Å². The molecule has 0 bridgehead atoms. The van der Waals surface area contributed by atoms with Crippen molar-refractivity contribution in [1.29, 1.82) is 0 Å². The molecule has 0 aliphatic carbocycles. The Labute approximate surface area is 319 Å². The van der Waals surface area contributed by atoms with Gasteiger partial charge in [0.25, 0.3) is 7.82 Å². The molecular weight excluding hydrogens is 677 g/mol. The Morgan fingerprint density at radius 2 is 0.981 bits per heavy atom. The molecule has 9 nitrogen and oxygen atoms in total. The number of phosphoric acid groups is 1. The molecule has 0 N–H and O–H groups in total. The molecule has 0 spiro atoms. The van der Waals surface area contributed by atoms with Gasteiger partial charge in [-0.2, -0.15) is 0 Å². The van der Waals surface area contributed by atoms with Crippen LogP contribution < -0.4 is 4.89 Å². The third-order valence-electron chi connectivity index (χ3n) is 8.94. The first kappa shape index (κ1) is 50.5. The second kappa shape index (κ2) is 35.2. The lowest BCUT2D eigenvalue weighted by Crippen LogP contribution is -2.37. The zero-order valence-electron chi connectivity index (χ0n) is 34.3. The molecule has 10 heteroatoms. The number of nitrogens with zero attached hydrogens (tertiary/aromatic N) is 1. The van der Waals surface area contributed by atoms with Crippen molar-refractivity contribution in [1.82, 2.24) is 0 Å². The minimum Gasteiger partial charge on any atom is -0.756 e. The zero-order valence-corrected chi connectivity index (χ0v) is 35.2. The van der Waals surface area contributed by atoms with Crippen molar-refractivity contribution in [3.63, 3.8) is 0 Å². The Kier molecular flexibility index (Phi) is 34.2. The minimum atomic E-state index is -4.62. The van der Waals surface area contributed by atoms with Gasteiger partial charge in [0.05, 0.1) is 27.7 Å². The Morgan fingerprint density at radius 3 is 1.44 bits per heavy atom. The van der Waals surface area contributed by atoms with E-state index in [1.807, 2.05) is 21.1 Å². The monoisotopic (exact) mass is 758 g/mol. The summed E-state index contributed by atoms with van der Waals surface area (Å²) < 4.78 is 33.8. The number of carbonyl (C=O) groups is 2. The third kappa shape index (κ3) is 38.2. The number of esters is 2. The summed E-state index contributed by atoms with van der Waals surface area (Å²) in [6.45, 7) is 4.18. The Morgan fingerprint density at radius 1 is 0.577 bits per heavy atom. The van der Waals surface area contributed by atoms with Gasteiger partial charge in [-0.3, -0.25) is 14.2 Å². The Hall–Kier alpha value is -1.51. The summed E-state index contributed by atoms with van der Waals surface area (Å²) in [5.74, 6) is -0.853. The van der Waals surface area contributed by atoms with E-state index in [1.54, 1.807) is 0 Å². The molecule has 0 aliphatic rings. The maximum atomic E-state index is 12.6. The van der Waals surface area contributed by atoms with E-state index in [-0.39, 0.29) is 26.1 Å². The normalized spacial score (nSPS) is 13.9. The molecule has 306 valence electrons.